The first-order valence-electron chi connectivity index (χ1n) is 7.73. The number of fused-ring (bicyclic) bond motifs is 3. The summed E-state index contributed by atoms with van der Waals surface area (Å²) < 4.78 is 1.15. The van der Waals surface area contributed by atoms with E-state index in [2.05, 4.69) is 95.7 Å². The standard InChI is InChI=1S/C21H17Br/c1-2-21(15-8-4-3-5-9-15)19-11-7-6-10-17(19)18-13-12-16(22)14-20(18)21/h3-14H,2H2,1H3. The number of rotatable bonds is 2. The van der Waals surface area contributed by atoms with E-state index in [1.165, 1.54) is 27.8 Å². The van der Waals surface area contributed by atoms with E-state index in [0.717, 1.165) is 10.9 Å². The lowest BCUT2D eigenvalue weighted by atomic mass is 9.71. The lowest BCUT2D eigenvalue weighted by Gasteiger charge is -2.31. The molecule has 1 aliphatic rings. The Morgan fingerprint density at radius 1 is 0.773 bits per heavy atom. The average Bonchev–Trinajstić information content (AvgIpc) is 2.86. The van der Waals surface area contributed by atoms with Crippen LogP contribution in [0.4, 0.5) is 0 Å². The number of hydrogen-bond donors (Lipinski definition) is 0. The molecule has 0 radical (unpaired) electrons. The van der Waals surface area contributed by atoms with E-state index in [9.17, 15) is 0 Å². The first-order chi connectivity index (χ1) is 10.8. The summed E-state index contributed by atoms with van der Waals surface area (Å²) in [5, 5.41) is 0. The van der Waals surface area contributed by atoms with Crippen LogP contribution in [0.25, 0.3) is 11.1 Å². The van der Waals surface area contributed by atoms with Gasteiger partial charge in [-0.1, -0.05) is 83.5 Å². The highest BCUT2D eigenvalue weighted by Crippen LogP contribution is 2.54. The van der Waals surface area contributed by atoms with Crippen molar-refractivity contribution < 1.29 is 0 Å². The molecule has 0 spiro atoms. The Balaban J connectivity index is 2.13. The van der Waals surface area contributed by atoms with Gasteiger partial charge in [-0.25, -0.2) is 0 Å². The molecule has 1 unspecified atom stereocenters. The second kappa shape index (κ2) is 5.10. The van der Waals surface area contributed by atoms with E-state index in [1.54, 1.807) is 0 Å². The molecule has 3 aromatic carbocycles. The van der Waals surface area contributed by atoms with Crippen molar-refractivity contribution in [1.82, 2.24) is 0 Å². The van der Waals surface area contributed by atoms with Gasteiger partial charge in [0.25, 0.3) is 0 Å². The summed E-state index contributed by atoms with van der Waals surface area (Å²) in [6, 6.07) is 26.4. The van der Waals surface area contributed by atoms with Crippen LogP contribution in [-0.4, -0.2) is 0 Å². The largest absolute Gasteiger partial charge is 0.0639 e. The van der Waals surface area contributed by atoms with Gasteiger partial charge in [0.1, 0.15) is 0 Å². The van der Waals surface area contributed by atoms with Crippen LogP contribution in [-0.2, 0) is 5.41 Å². The lowest BCUT2D eigenvalue weighted by molar-refractivity contribution is 0.609. The van der Waals surface area contributed by atoms with E-state index in [0.29, 0.717) is 0 Å². The zero-order valence-corrected chi connectivity index (χ0v) is 14.1. The monoisotopic (exact) mass is 348 g/mol. The molecule has 1 atom stereocenters. The molecule has 0 aliphatic heterocycles. The molecule has 3 aromatic rings. The quantitative estimate of drug-likeness (QED) is 0.519. The Morgan fingerprint density at radius 3 is 2.23 bits per heavy atom. The van der Waals surface area contributed by atoms with Gasteiger partial charge in [0.15, 0.2) is 0 Å². The molecule has 4 rings (SSSR count). The van der Waals surface area contributed by atoms with E-state index in [-0.39, 0.29) is 5.41 Å². The van der Waals surface area contributed by atoms with Gasteiger partial charge in [-0.3, -0.25) is 0 Å². The molecule has 1 heteroatoms. The van der Waals surface area contributed by atoms with E-state index >= 15 is 0 Å². The van der Waals surface area contributed by atoms with Crippen molar-refractivity contribution >= 4 is 15.9 Å². The topological polar surface area (TPSA) is 0 Å². The third-order valence-electron chi connectivity index (χ3n) is 4.92. The van der Waals surface area contributed by atoms with E-state index < -0.39 is 0 Å². The summed E-state index contributed by atoms with van der Waals surface area (Å²) in [5.74, 6) is 0. The van der Waals surface area contributed by atoms with Crippen LogP contribution in [0.2, 0.25) is 0 Å². The van der Waals surface area contributed by atoms with Crippen LogP contribution in [0, 0.1) is 0 Å². The summed E-state index contributed by atoms with van der Waals surface area (Å²) in [5.41, 5.74) is 6.91. The van der Waals surface area contributed by atoms with Crippen molar-refractivity contribution in [2.45, 2.75) is 18.8 Å². The van der Waals surface area contributed by atoms with Crippen LogP contribution in [0.3, 0.4) is 0 Å². The van der Waals surface area contributed by atoms with Crippen molar-refractivity contribution in [2.75, 3.05) is 0 Å². The van der Waals surface area contributed by atoms with Crippen LogP contribution >= 0.6 is 15.9 Å². The maximum absolute atomic E-state index is 3.66. The van der Waals surface area contributed by atoms with Gasteiger partial charge < -0.3 is 0 Å². The molecular weight excluding hydrogens is 332 g/mol. The summed E-state index contributed by atoms with van der Waals surface area (Å²) in [7, 11) is 0. The third kappa shape index (κ3) is 1.75. The molecule has 0 fully saturated rings. The van der Waals surface area contributed by atoms with Gasteiger partial charge in [0.05, 0.1) is 0 Å². The van der Waals surface area contributed by atoms with E-state index in [4.69, 9.17) is 0 Å². The van der Waals surface area contributed by atoms with Crippen molar-refractivity contribution in [3.05, 3.63) is 94.0 Å². The average molecular weight is 349 g/mol. The van der Waals surface area contributed by atoms with Crippen LogP contribution in [0.15, 0.2) is 77.3 Å². The third-order valence-corrected chi connectivity index (χ3v) is 5.41. The Labute approximate surface area is 140 Å². The molecule has 0 nitrogen and oxygen atoms in total. The molecule has 0 saturated carbocycles. The first-order valence-corrected chi connectivity index (χ1v) is 8.52. The highest BCUT2D eigenvalue weighted by Gasteiger charge is 2.42. The molecule has 0 heterocycles. The van der Waals surface area contributed by atoms with Crippen molar-refractivity contribution in [3.63, 3.8) is 0 Å². The van der Waals surface area contributed by atoms with Gasteiger partial charge in [0, 0.05) is 9.89 Å². The number of benzene rings is 3. The molecule has 0 saturated heterocycles. The van der Waals surface area contributed by atoms with Crippen LogP contribution in [0.1, 0.15) is 30.0 Å². The number of halogens is 1. The van der Waals surface area contributed by atoms with Gasteiger partial charge in [0.2, 0.25) is 0 Å². The second-order valence-corrected chi connectivity index (χ2v) is 6.78. The normalized spacial score (nSPS) is 18.8. The summed E-state index contributed by atoms with van der Waals surface area (Å²) in [6.07, 6.45) is 1.05. The summed E-state index contributed by atoms with van der Waals surface area (Å²) in [6.45, 7) is 2.29. The predicted molar refractivity (Wildman–Crippen MR) is 96.2 cm³/mol. The van der Waals surface area contributed by atoms with Gasteiger partial charge >= 0.3 is 0 Å². The summed E-state index contributed by atoms with van der Waals surface area (Å²) >= 11 is 3.66. The maximum Gasteiger partial charge on any atom is 0.0461 e. The van der Waals surface area contributed by atoms with Crippen LogP contribution in [0.5, 0.6) is 0 Å². The molecule has 108 valence electrons. The fourth-order valence-corrected chi connectivity index (χ4v) is 4.32. The maximum atomic E-state index is 3.66. The fourth-order valence-electron chi connectivity index (χ4n) is 3.96. The van der Waals surface area contributed by atoms with Gasteiger partial charge in [-0.2, -0.15) is 0 Å². The zero-order chi connectivity index (χ0) is 15.2. The van der Waals surface area contributed by atoms with Crippen molar-refractivity contribution in [2.24, 2.45) is 0 Å². The Kier molecular flexibility index (Phi) is 3.19. The zero-order valence-electron chi connectivity index (χ0n) is 12.5. The first kappa shape index (κ1) is 13.8. The Bertz CT molecular complexity index is 836. The minimum absolute atomic E-state index is 0.0447. The Hall–Kier alpha value is -1.86. The molecule has 0 aromatic heterocycles. The lowest BCUT2D eigenvalue weighted by Crippen LogP contribution is -2.25. The molecule has 22 heavy (non-hydrogen) atoms. The van der Waals surface area contributed by atoms with Gasteiger partial charge in [-0.05, 0) is 46.4 Å². The molecular formula is C21H17Br. The van der Waals surface area contributed by atoms with Gasteiger partial charge in [-0.15, -0.1) is 0 Å². The highest BCUT2D eigenvalue weighted by atomic mass is 79.9. The molecule has 1 aliphatic carbocycles. The minimum Gasteiger partial charge on any atom is -0.0639 e. The SMILES string of the molecule is CCC1(c2ccccc2)c2ccccc2-c2ccc(Br)cc21. The van der Waals surface area contributed by atoms with E-state index in [1.807, 2.05) is 0 Å². The van der Waals surface area contributed by atoms with Crippen molar-refractivity contribution in [1.29, 1.82) is 0 Å². The molecule has 0 N–H and O–H groups in total. The minimum atomic E-state index is -0.0447. The fraction of sp³-hybridized carbons (Fsp3) is 0.143. The Morgan fingerprint density at radius 2 is 1.45 bits per heavy atom. The second-order valence-electron chi connectivity index (χ2n) is 5.86. The smallest absolute Gasteiger partial charge is 0.0461 e. The number of hydrogen-bond acceptors (Lipinski definition) is 0. The molecule has 0 bridgehead atoms. The highest BCUT2D eigenvalue weighted by molar-refractivity contribution is 9.10. The van der Waals surface area contributed by atoms with Crippen molar-refractivity contribution in [3.8, 4) is 11.1 Å². The molecule has 0 amide bonds. The van der Waals surface area contributed by atoms with Crippen LogP contribution < -0.4 is 0 Å². The predicted octanol–water partition coefficient (Wildman–Crippen LogP) is 6.17. The summed E-state index contributed by atoms with van der Waals surface area (Å²) in [4.78, 5) is 0.